The van der Waals surface area contributed by atoms with Gasteiger partial charge in [0.15, 0.2) is 0 Å². The molecule has 0 aliphatic heterocycles. The van der Waals surface area contributed by atoms with Gasteiger partial charge in [0, 0.05) is 5.56 Å². The van der Waals surface area contributed by atoms with Gasteiger partial charge in [-0.25, -0.2) is 0 Å². The molecule has 0 saturated heterocycles. The Bertz CT molecular complexity index is 468. The van der Waals surface area contributed by atoms with Gasteiger partial charge in [-0.2, -0.15) is 0 Å². The van der Waals surface area contributed by atoms with Gasteiger partial charge in [0.25, 0.3) is 0 Å². The number of halogens is 3. The van der Waals surface area contributed by atoms with Crippen LogP contribution in [-0.4, -0.2) is 0 Å². The summed E-state index contributed by atoms with van der Waals surface area (Å²) in [6.07, 6.45) is 7.08. The Morgan fingerprint density at radius 3 is 2.05 bits per heavy atom. The number of thiophene rings is 1. The molecule has 5 rings (SSSR count). The van der Waals surface area contributed by atoms with E-state index in [1.54, 1.807) is 0 Å². The zero-order chi connectivity index (χ0) is 13.1. The van der Waals surface area contributed by atoms with Crippen molar-refractivity contribution >= 4 is 46.1 Å². The molecule has 0 radical (unpaired) electrons. The van der Waals surface area contributed by atoms with E-state index >= 15 is 0 Å². The summed E-state index contributed by atoms with van der Waals surface area (Å²) in [6.45, 7) is 0. The molecule has 1 atom stereocenters. The first-order valence-electron chi connectivity index (χ1n) is 7.20. The second-order valence-electron chi connectivity index (χ2n) is 6.69. The summed E-state index contributed by atoms with van der Waals surface area (Å²) < 4.78 is 1.55. The Kier molecular flexibility index (Phi) is 3.34. The van der Waals surface area contributed by atoms with Crippen molar-refractivity contribution in [2.75, 3.05) is 0 Å². The molecule has 0 spiro atoms. The van der Waals surface area contributed by atoms with Crippen LogP contribution in [0.3, 0.4) is 0 Å². The van der Waals surface area contributed by atoms with Crippen molar-refractivity contribution in [2.45, 2.75) is 37.5 Å². The van der Waals surface area contributed by atoms with E-state index in [2.05, 4.69) is 0 Å². The Balaban J connectivity index is 1.63. The molecule has 0 N–H and O–H groups in total. The van der Waals surface area contributed by atoms with Crippen LogP contribution in [-0.2, 0) is 0 Å². The molecule has 4 aliphatic carbocycles. The predicted octanol–water partition coefficient (Wildman–Crippen LogP) is 6.41. The third-order valence-corrected chi connectivity index (χ3v) is 7.66. The minimum atomic E-state index is 0.0613. The highest BCUT2D eigenvalue weighted by Gasteiger charge is 2.50. The monoisotopic (exact) mass is 334 g/mol. The Morgan fingerprint density at radius 1 is 1.00 bits per heavy atom. The van der Waals surface area contributed by atoms with Crippen LogP contribution in [0.4, 0.5) is 0 Å². The maximum absolute atomic E-state index is 6.83. The first-order chi connectivity index (χ1) is 9.11. The van der Waals surface area contributed by atoms with Gasteiger partial charge in [0.2, 0.25) is 0 Å². The van der Waals surface area contributed by atoms with Crippen molar-refractivity contribution < 1.29 is 0 Å². The lowest BCUT2D eigenvalue weighted by Gasteiger charge is -2.55. The van der Waals surface area contributed by atoms with Crippen LogP contribution < -0.4 is 0 Å². The summed E-state index contributed by atoms with van der Waals surface area (Å²) in [5, 5.41) is 0.0613. The zero-order valence-corrected chi connectivity index (χ0v) is 13.7. The van der Waals surface area contributed by atoms with Gasteiger partial charge in [-0.15, -0.1) is 22.9 Å². The fourth-order valence-corrected chi connectivity index (χ4v) is 7.45. The van der Waals surface area contributed by atoms with Crippen LogP contribution in [0, 0.1) is 29.6 Å². The van der Waals surface area contributed by atoms with Crippen LogP contribution in [0.25, 0.3) is 0 Å². The van der Waals surface area contributed by atoms with Crippen molar-refractivity contribution in [1.82, 2.24) is 0 Å². The molecule has 4 aliphatic rings. The molecule has 4 heteroatoms. The lowest BCUT2D eigenvalue weighted by molar-refractivity contribution is -0.0380. The van der Waals surface area contributed by atoms with E-state index in [0.717, 1.165) is 37.9 Å². The highest BCUT2D eigenvalue weighted by molar-refractivity contribution is 7.20. The lowest BCUT2D eigenvalue weighted by Crippen LogP contribution is -2.46. The van der Waals surface area contributed by atoms with E-state index in [1.807, 2.05) is 6.07 Å². The van der Waals surface area contributed by atoms with Gasteiger partial charge in [-0.3, -0.25) is 0 Å². The van der Waals surface area contributed by atoms with Crippen molar-refractivity contribution in [2.24, 2.45) is 29.6 Å². The van der Waals surface area contributed by atoms with Crippen molar-refractivity contribution in [3.8, 4) is 0 Å². The third-order valence-electron chi connectivity index (χ3n) is 5.62. The Hall–Kier alpha value is 0.570. The van der Waals surface area contributed by atoms with E-state index < -0.39 is 0 Å². The SMILES string of the molecule is Clc1cc(C(Cl)C2C3CC4CC(C3)CC2C4)c(Cl)s1. The summed E-state index contributed by atoms with van der Waals surface area (Å²) in [6, 6.07) is 1.98. The van der Waals surface area contributed by atoms with Crippen molar-refractivity contribution in [1.29, 1.82) is 0 Å². The summed E-state index contributed by atoms with van der Waals surface area (Å²) in [5.74, 6) is 4.26. The minimum Gasteiger partial charge on any atom is -0.117 e. The first kappa shape index (κ1) is 13.2. The van der Waals surface area contributed by atoms with Crippen LogP contribution in [0.15, 0.2) is 6.07 Å². The zero-order valence-electron chi connectivity index (χ0n) is 10.6. The van der Waals surface area contributed by atoms with Crippen LogP contribution in [0.5, 0.6) is 0 Å². The fraction of sp³-hybridized carbons (Fsp3) is 0.733. The summed E-state index contributed by atoms with van der Waals surface area (Å²) in [5.41, 5.74) is 1.08. The van der Waals surface area contributed by atoms with Gasteiger partial charge in [-0.05, 0) is 67.8 Å². The molecule has 1 aromatic heterocycles. The first-order valence-corrected chi connectivity index (χ1v) is 9.21. The Labute approximate surface area is 133 Å². The van der Waals surface area contributed by atoms with Gasteiger partial charge < -0.3 is 0 Å². The maximum atomic E-state index is 6.83. The largest absolute Gasteiger partial charge is 0.117 e. The van der Waals surface area contributed by atoms with E-state index in [-0.39, 0.29) is 5.38 Å². The number of rotatable bonds is 2. The van der Waals surface area contributed by atoms with Crippen LogP contribution in [0.1, 0.15) is 43.0 Å². The topological polar surface area (TPSA) is 0 Å². The molecule has 0 nitrogen and oxygen atoms in total. The number of hydrogen-bond donors (Lipinski definition) is 0. The second kappa shape index (κ2) is 4.80. The molecule has 4 bridgehead atoms. The quantitative estimate of drug-likeness (QED) is 0.548. The molecule has 1 aromatic rings. The summed E-state index contributed by atoms with van der Waals surface area (Å²) >= 11 is 20.7. The number of alkyl halides is 1. The van der Waals surface area contributed by atoms with Crippen LogP contribution in [0.2, 0.25) is 8.67 Å². The molecule has 19 heavy (non-hydrogen) atoms. The highest BCUT2D eigenvalue weighted by Crippen LogP contribution is 2.61. The molecule has 4 saturated carbocycles. The third kappa shape index (κ3) is 2.16. The van der Waals surface area contributed by atoms with Crippen LogP contribution >= 0.6 is 46.1 Å². The van der Waals surface area contributed by atoms with E-state index in [4.69, 9.17) is 34.8 Å². The molecule has 4 fully saturated rings. The van der Waals surface area contributed by atoms with Gasteiger partial charge >= 0.3 is 0 Å². The number of hydrogen-bond acceptors (Lipinski definition) is 1. The molecular weight excluding hydrogens is 319 g/mol. The average molecular weight is 336 g/mol. The molecule has 104 valence electrons. The van der Waals surface area contributed by atoms with Gasteiger partial charge in [0.1, 0.15) is 0 Å². The molecule has 0 amide bonds. The molecular formula is C15H17Cl3S. The molecule has 0 aromatic carbocycles. The smallest absolute Gasteiger partial charge is 0.0991 e. The van der Waals surface area contributed by atoms with Gasteiger partial charge in [-0.1, -0.05) is 23.2 Å². The fourth-order valence-electron chi connectivity index (χ4n) is 5.19. The predicted molar refractivity (Wildman–Crippen MR) is 83.5 cm³/mol. The lowest BCUT2D eigenvalue weighted by atomic mass is 9.51. The minimum absolute atomic E-state index is 0.0613. The molecule has 1 unspecified atom stereocenters. The normalized spacial score (nSPS) is 41.7. The summed E-state index contributed by atoms with van der Waals surface area (Å²) in [4.78, 5) is 0. The highest BCUT2D eigenvalue weighted by atomic mass is 35.5. The molecule has 1 heterocycles. The van der Waals surface area contributed by atoms with E-state index in [9.17, 15) is 0 Å². The van der Waals surface area contributed by atoms with E-state index in [1.165, 1.54) is 43.4 Å². The second-order valence-corrected chi connectivity index (χ2v) is 9.45. The van der Waals surface area contributed by atoms with Crippen molar-refractivity contribution in [3.05, 3.63) is 20.3 Å². The standard InChI is InChI=1S/C15H17Cl3S/c16-12-6-11(15(18)19-12)14(17)13-9-2-7-1-8(4-9)5-10(13)3-7/h6-10,13-14H,1-5H2. The van der Waals surface area contributed by atoms with Gasteiger partial charge in [0.05, 0.1) is 14.0 Å². The average Bonchev–Trinajstić information content (AvgIpc) is 2.66. The van der Waals surface area contributed by atoms with Crippen molar-refractivity contribution in [3.63, 3.8) is 0 Å². The maximum Gasteiger partial charge on any atom is 0.0991 e. The Morgan fingerprint density at radius 2 is 1.58 bits per heavy atom. The van der Waals surface area contributed by atoms with E-state index in [0.29, 0.717) is 5.92 Å². The summed E-state index contributed by atoms with van der Waals surface area (Å²) in [7, 11) is 0.